The molecule has 1 fully saturated rings. The molecule has 1 aromatic carbocycles. The van der Waals surface area contributed by atoms with Gasteiger partial charge in [0.1, 0.15) is 11.5 Å². The Bertz CT molecular complexity index is 553. The summed E-state index contributed by atoms with van der Waals surface area (Å²) < 4.78 is 10.5. The summed E-state index contributed by atoms with van der Waals surface area (Å²) >= 11 is 0. The van der Waals surface area contributed by atoms with Gasteiger partial charge in [0.05, 0.1) is 26.9 Å². The van der Waals surface area contributed by atoms with Crippen LogP contribution in [0.1, 0.15) is 38.4 Å². The van der Waals surface area contributed by atoms with Gasteiger partial charge >= 0.3 is 0 Å². The van der Waals surface area contributed by atoms with Gasteiger partial charge in [-0.1, -0.05) is 6.92 Å². The minimum absolute atomic E-state index is 0. The maximum atomic E-state index is 10.6. The average Bonchev–Trinajstić information content (AvgIpc) is 2.65. The highest BCUT2D eigenvalue weighted by molar-refractivity contribution is 14.0. The van der Waals surface area contributed by atoms with Crippen molar-refractivity contribution in [1.29, 1.82) is 0 Å². The molecule has 1 saturated heterocycles. The van der Waals surface area contributed by atoms with Crippen molar-refractivity contribution in [2.45, 2.75) is 32.8 Å². The second-order valence-electron chi connectivity index (χ2n) is 6.53. The smallest absolute Gasteiger partial charge is 0.194 e. The predicted molar refractivity (Wildman–Crippen MR) is 116 cm³/mol. The maximum absolute atomic E-state index is 10.6. The quantitative estimate of drug-likeness (QED) is 0.375. The number of hydrogen-bond donors (Lipinski definition) is 2. The van der Waals surface area contributed by atoms with E-state index in [2.05, 4.69) is 29.1 Å². The zero-order valence-corrected chi connectivity index (χ0v) is 18.5. The van der Waals surface area contributed by atoms with Gasteiger partial charge in [0.2, 0.25) is 0 Å². The van der Waals surface area contributed by atoms with Crippen LogP contribution >= 0.6 is 24.0 Å². The van der Waals surface area contributed by atoms with E-state index in [4.69, 9.17) is 9.47 Å². The fraction of sp³-hybridized carbons (Fsp3) is 0.632. The number of ether oxygens (including phenoxy) is 2. The van der Waals surface area contributed by atoms with Crippen LogP contribution in [0.25, 0.3) is 0 Å². The SMILES string of the molecule is CCNC(=NCC(O)c1cc(OC)cc(OC)c1)N1CCC(C)CC1.I. The molecule has 1 aliphatic rings. The van der Waals surface area contributed by atoms with E-state index in [-0.39, 0.29) is 24.0 Å². The van der Waals surface area contributed by atoms with E-state index >= 15 is 0 Å². The topological polar surface area (TPSA) is 66.3 Å². The molecule has 7 heteroatoms. The van der Waals surface area contributed by atoms with Gasteiger partial charge in [0.15, 0.2) is 5.96 Å². The van der Waals surface area contributed by atoms with Crippen LogP contribution in [0.2, 0.25) is 0 Å². The molecule has 0 amide bonds. The van der Waals surface area contributed by atoms with Crippen LogP contribution in [0.5, 0.6) is 11.5 Å². The molecule has 1 unspecified atom stereocenters. The molecule has 0 saturated carbocycles. The molecule has 1 aromatic rings. The first kappa shape index (κ1) is 22.8. The van der Waals surface area contributed by atoms with Crippen molar-refractivity contribution in [3.8, 4) is 11.5 Å². The van der Waals surface area contributed by atoms with Crippen LogP contribution in [0, 0.1) is 5.92 Å². The molecule has 2 N–H and O–H groups in total. The van der Waals surface area contributed by atoms with Gasteiger partial charge < -0.3 is 24.8 Å². The third-order valence-corrected chi connectivity index (χ3v) is 4.59. The first-order chi connectivity index (χ1) is 12.1. The second kappa shape index (κ2) is 11.5. The second-order valence-corrected chi connectivity index (χ2v) is 6.53. The summed E-state index contributed by atoms with van der Waals surface area (Å²) in [5, 5.41) is 13.9. The summed E-state index contributed by atoms with van der Waals surface area (Å²) in [5.41, 5.74) is 0.739. The van der Waals surface area contributed by atoms with E-state index in [1.54, 1.807) is 20.3 Å². The number of likely N-dealkylation sites (tertiary alicyclic amines) is 1. The van der Waals surface area contributed by atoms with E-state index in [1.165, 1.54) is 12.8 Å². The summed E-state index contributed by atoms with van der Waals surface area (Å²) in [5.74, 6) is 2.97. The zero-order chi connectivity index (χ0) is 18.2. The number of hydrogen-bond acceptors (Lipinski definition) is 4. The van der Waals surface area contributed by atoms with Gasteiger partial charge in [0, 0.05) is 25.7 Å². The lowest BCUT2D eigenvalue weighted by atomic mass is 9.99. The van der Waals surface area contributed by atoms with E-state index in [0.29, 0.717) is 18.0 Å². The number of aliphatic hydroxyl groups excluding tert-OH is 1. The molecule has 0 bridgehead atoms. The average molecular weight is 477 g/mol. The van der Waals surface area contributed by atoms with E-state index < -0.39 is 6.10 Å². The number of methoxy groups -OCH3 is 2. The fourth-order valence-corrected chi connectivity index (χ4v) is 2.95. The molecule has 0 aliphatic carbocycles. The van der Waals surface area contributed by atoms with E-state index in [0.717, 1.165) is 37.1 Å². The lowest BCUT2D eigenvalue weighted by Gasteiger charge is -2.33. The first-order valence-electron chi connectivity index (χ1n) is 9.01. The third kappa shape index (κ3) is 6.50. The van der Waals surface area contributed by atoms with Crippen LogP contribution in [-0.2, 0) is 0 Å². The van der Waals surface area contributed by atoms with Crippen molar-refractivity contribution in [2.24, 2.45) is 10.9 Å². The van der Waals surface area contributed by atoms with Crippen molar-refractivity contribution in [1.82, 2.24) is 10.2 Å². The van der Waals surface area contributed by atoms with Gasteiger partial charge in [-0.25, -0.2) is 0 Å². The highest BCUT2D eigenvalue weighted by atomic mass is 127. The van der Waals surface area contributed by atoms with Gasteiger partial charge in [-0.05, 0) is 43.4 Å². The molecule has 0 radical (unpaired) electrons. The Hall–Kier alpha value is -1.22. The van der Waals surface area contributed by atoms with Crippen LogP contribution in [0.3, 0.4) is 0 Å². The van der Waals surface area contributed by atoms with Crippen LogP contribution in [0.4, 0.5) is 0 Å². The number of nitrogens with zero attached hydrogens (tertiary/aromatic N) is 2. The van der Waals surface area contributed by atoms with Gasteiger partial charge in [-0.2, -0.15) is 0 Å². The molecule has 6 nitrogen and oxygen atoms in total. The summed E-state index contributed by atoms with van der Waals surface area (Å²) in [6.07, 6.45) is 1.65. The number of halogens is 1. The van der Waals surface area contributed by atoms with Crippen LogP contribution < -0.4 is 14.8 Å². The minimum atomic E-state index is -0.707. The number of aliphatic hydroxyl groups is 1. The molecular formula is C19H32IN3O3. The Morgan fingerprint density at radius 3 is 2.31 bits per heavy atom. The monoisotopic (exact) mass is 477 g/mol. The maximum Gasteiger partial charge on any atom is 0.194 e. The summed E-state index contributed by atoms with van der Waals surface area (Å²) in [6.45, 7) is 7.48. The highest BCUT2D eigenvalue weighted by Crippen LogP contribution is 2.26. The Morgan fingerprint density at radius 2 is 1.81 bits per heavy atom. The standard InChI is InChI=1S/C19H31N3O3.HI/c1-5-20-19(22-8-6-14(2)7-9-22)21-13-18(23)15-10-16(24-3)12-17(11-15)25-4;/h10-12,14,18,23H,5-9,13H2,1-4H3,(H,20,21);1H. The molecule has 1 heterocycles. The summed E-state index contributed by atoms with van der Waals surface area (Å²) in [7, 11) is 3.20. The fourth-order valence-electron chi connectivity index (χ4n) is 2.95. The van der Waals surface area contributed by atoms with Crippen molar-refractivity contribution in [3.05, 3.63) is 23.8 Å². The molecule has 2 rings (SSSR count). The van der Waals surface area contributed by atoms with Crippen LogP contribution in [-0.4, -0.2) is 56.4 Å². The Kier molecular flexibility index (Phi) is 10.1. The highest BCUT2D eigenvalue weighted by Gasteiger charge is 2.19. The number of guanidine groups is 1. The van der Waals surface area contributed by atoms with Crippen molar-refractivity contribution < 1.29 is 14.6 Å². The van der Waals surface area contributed by atoms with Gasteiger partial charge in [-0.15, -0.1) is 24.0 Å². The molecule has 0 aromatic heterocycles. The molecule has 148 valence electrons. The normalized spacial score (nSPS) is 16.7. The lowest BCUT2D eigenvalue weighted by molar-refractivity contribution is 0.185. The number of benzene rings is 1. The van der Waals surface area contributed by atoms with E-state index in [1.807, 2.05) is 12.1 Å². The Morgan fingerprint density at radius 1 is 1.23 bits per heavy atom. The van der Waals surface area contributed by atoms with Gasteiger partial charge in [-0.3, -0.25) is 4.99 Å². The third-order valence-electron chi connectivity index (χ3n) is 4.59. The minimum Gasteiger partial charge on any atom is -0.497 e. The first-order valence-corrected chi connectivity index (χ1v) is 9.01. The molecule has 1 aliphatic heterocycles. The number of piperidine rings is 1. The predicted octanol–water partition coefficient (Wildman–Crippen LogP) is 3.05. The number of aliphatic imine (C=N–C) groups is 1. The van der Waals surface area contributed by atoms with Crippen molar-refractivity contribution in [3.63, 3.8) is 0 Å². The van der Waals surface area contributed by atoms with Crippen molar-refractivity contribution in [2.75, 3.05) is 40.4 Å². The zero-order valence-electron chi connectivity index (χ0n) is 16.2. The lowest BCUT2D eigenvalue weighted by Crippen LogP contribution is -2.45. The largest absolute Gasteiger partial charge is 0.497 e. The summed E-state index contributed by atoms with van der Waals surface area (Å²) in [6, 6.07) is 5.43. The molecular weight excluding hydrogens is 445 g/mol. The van der Waals surface area contributed by atoms with E-state index in [9.17, 15) is 5.11 Å². The van der Waals surface area contributed by atoms with Gasteiger partial charge in [0.25, 0.3) is 0 Å². The Balaban J connectivity index is 0.00000338. The number of nitrogens with one attached hydrogen (secondary N) is 1. The Labute approximate surface area is 174 Å². The molecule has 26 heavy (non-hydrogen) atoms. The van der Waals surface area contributed by atoms with Crippen LogP contribution in [0.15, 0.2) is 23.2 Å². The summed E-state index contributed by atoms with van der Waals surface area (Å²) in [4.78, 5) is 6.93. The number of rotatable bonds is 6. The van der Waals surface area contributed by atoms with Crippen molar-refractivity contribution >= 4 is 29.9 Å². The molecule has 0 spiro atoms. The molecule has 1 atom stereocenters.